The lowest BCUT2D eigenvalue weighted by atomic mass is 9.96. The topological polar surface area (TPSA) is 87.4 Å². The lowest BCUT2D eigenvalue weighted by Crippen LogP contribution is -2.52. The number of anilines is 2. The fraction of sp³-hybridized carbons (Fsp3) is 0.643. The summed E-state index contributed by atoms with van der Waals surface area (Å²) in [6.07, 6.45) is 0. The number of fused-ring (bicyclic) bond motifs is 1. The van der Waals surface area contributed by atoms with Crippen molar-refractivity contribution in [1.82, 2.24) is 20.2 Å². The maximum absolute atomic E-state index is 11.6. The molecule has 3 heterocycles. The van der Waals surface area contributed by atoms with Crippen LogP contribution >= 0.6 is 0 Å². The first kappa shape index (κ1) is 13.9. The summed E-state index contributed by atoms with van der Waals surface area (Å²) in [6, 6.07) is 2.06. The number of nitrogens with two attached hydrogens (primary N) is 1. The third kappa shape index (κ3) is 2.59. The SMILES string of the molecule is CC(C)(C)c1nc(N)cc(N2CCN3C(=O)NCC3C2)n1. The molecule has 1 aromatic heterocycles. The van der Waals surface area contributed by atoms with Gasteiger partial charge in [-0.1, -0.05) is 20.8 Å². The first-order chi connectivity index (χ1) is 9.84. The number of urea groups is 1. The summed E-state index contributed by atoms with van der Waals surface area (Å²) in [4.78, 5) is 24.7. The molecule has 7 nitrogen and oxygen atoms in total. The van der Waals surface area contributed by atoms with Crippen molar-refractivity contribution < 1.29 is 4.79 Å². The Hall–Kier alpha value is -2.05. The quantitative estimate of drug-likeness (QED) is 0.789. The molecule has 1 atom stereocenters. The summed E-state index contributed by atoms with van der Waals surface area (Å²) >= 11 is 0. The van der Waals surface area contributed by atoms with E-state index in [1.807, 2.05) is 11.0 Å². The van der Waals surface area contributed by atoms with Crippen molar-refractivity contribution in [2.75, 3.05) is 36.8 Å². The minimum atomic E-state index is -0.142. The number of carbonyl (C=O) groups is 1. The molecular formula is C14H22N6O. The van der Waals surface area contributed by atoms with Crippen LogP contribution in [0.3, 0.4) is 0 Å². The fourth-order valence-electron chi connectivity index (χ4n) is 2.76. The van der Waals surface area contributed by atoms with Gasteiger partial charge in [-0.25, -0.2) is 14.8 Å². The first-order valence-electron chi connectivity index (χ1n) is 7.29. The molecule has 3 N–H and O–H groups in total. The second-order valence-electron chi connectivity index (χ2n) is 6.70. The van der Waals surface area contributed by atoms with E-state index in [9.17, 15) is 4.79 Å². The average molecular weight is 290 g/mol. The molecule has 0 bridgehead atoms. The largest absolute Gasteiger partial charge is 0.384 e. The predicted octanol–water partition coefficient (Wildman–Crippen LogP) is 0.570. The van der Waals surface area contributed by atoms with E-state index in [0.717, 1.165) is 24.7 Å². The van der Waals surface area contributed by atoms with E-state index in [2.05, 4.69) is 41.0 Å². The Balaban J connectivity index is 1.84. The van der Waals surface area contributed by atoms with Crippen molar-refractivity contribution in [1.29, 1.82) is 0 Å². The number of aromatic nitrogens is 2. The number of hydrogen-bond donors (Lipinski definition) is 2. The van der Waals surface area contributed by atoms with E-state index in [-0.39, 0.29) is 17.5 Å². The molecule has 2 fully saturated rings. The summed E-state index contributed by atoms with van der Waals surface area (Å²) in [6.45, 7) is 9.17. The van der Waals surface area contributed by atoms with Crippen molar-refractivity contribution in [2.24, 2.45) is 0 Å². The van der Waals surface area contributed by atoms with Crippen LogP contribution in [0.5, 0.6) is 0 Å². The van der Waals surface area contributed by atoms with Crippen LogP contribution in [0.4, 0.5) is 16.4 Å². The van der Waals surface area contributed by atoms with Crippen LogP contribution in [0.1, 0.15) is 26.6 Å². The Morgan fingerprint density at radius 2 is 2.10 bits per heavy atom. The summed E-state index contributed by atoms with van der Waals surface area (Å²) in [5.74, 6) is 2.10. The summed E-state index contributed by atoms with van der Waals surface area (Å²) < 4.78 is 0. The van der Waals surface area contributed by atoms with E-state index in [4.69, 9.17) is 5.73 Å². The number of carbonyl (C=O) groups excluding carboxylic acids is 1. The lowest BCUT2D eigenvalue weighted by Gasteiger charge is -2.37. The normalized spacial score (nSPS) is 22.2. The van der Waals surface area contributed by atoms with E-state index >= 15 is 0 Å². The van der Waals surface area contributed by atoms with Crippen molar-refractivity contribution in [2.45, 2.75) is 32.2 Å². The summed E-state index contributed by atoms with van der Waals surface area (Å²) in [5, 5.41) is 2.88. The molecule has 1 aromatic rings. The van der Waals surface area contributed by atoms with Gasteiger partial charge in [0.2, 0.25) is 0 Å². The Bertz CT molecular complexity index is 567. The Kier molecular flexibility index (Phi) is 3.15. The molecule has 3 rings (SSSR count). The van der Waals surface area contributed by atoms with Gasteiger partial charge < -0.3 is 20.9 Å². The molecule has 2 amide bonds. The molecule has 1 unspecified atom stereocenters. The molecular weight excluding hydrogens is 268 g/mol. The Morgan fingerprint density at radius 3 is 2.81 bits per heavy atom. The van der Waals surface area contributed by atoms with Crippen LogP contribution in [0, 0.1) is 0 Å². The number of nitrogens with one attached hydrogen (secondary N) is 1. The van der Waals surface area contributed by atoms with Crippen LogP contribution in [0.15, 0.2) is 6.07 Å². The number of nitrogen functional groups attached to an aromatic ring is 1. The minimum Gasteiger partial charge on any atom is -0.384 e. The standard InChI is InChI=1S/C14H22N6O/c1-14(2,3)12-17-10(15)6-11(18-12)19-4-5-20-9(8-19)7-16-13(20)21/h6,9H,4-5,7-8H2,1-3H3,(H,16,21)(H2,15,17,18). The van der Waals surface area contributed by atoms with E-state index < -0.39 is 0 Å². The van der Waals surface area contributed by atoms with Crippen molar-refractivity contribution >= 4 is 17.7 Å². The van der Waals surface area contributed by atoms with Gasteiger partial charge in [-0.2, -0.15) is 0 Å². The second-order valence-corrected chi connectivity index (χ2v) is 6.70. The molecule has 2 aliphatic rings. The third-order valence-corrected chi connectivity index (χ3v) is 3.96. The zero-order valence-electron chi connectivity index (χ0n) is 12.8. The van der Waals surface area contributed by atoms with Crippen LogP contribution < -0.4 is 16.0 Å². The molecule has 7 heteroatoms. The second kappa shape index (κ2) is 4.75. The number of rotatable bonds is 1. The zero-order chi connectivity index (χ0) is 15.2. The van der Waals surface area contributed by atoms with Crippen molar-refractivity contribution in [3.63, 3.8) is 0 Å². The van der Waals surface area contributed by atoms with Gasteiger partial charge in [0.1, 0.15) is 17.5 Å². The van der Waals surface area contributed by atoms with Crippen LogP contribution in [-0.2, 0) is 5.41 Å². The summed E-state index contributed by atoms with van der Waals surface area (Å²) in [5.41, 5.74) is 5.79. The average Bonchev–Trinajstić information content (AvgIpc) is 2.78. The fourth-order valence-corrected chi connectivity index (χ4v) is 2.76. The van der Waals surface area contributed by atoms with E-state index in [1.165, 1.54) is 0 Å². The maximum atomic E-state index is 11.6. The van der Waals surface area contributed by atoms with Crippen molar-refractivity contribution in [3.8, 4) is 0 Å². The van der Waals surface area contributed by atoms with Gasteiger partial charge in [0.15, 0.2) is 0 Å². The van der Waals surface area contributed by atoms with Gasteiger partial charge in [0, 0.05) is 37.7 Å². The highest BCUT2D eigenvalue weighted by Crippen LogP contribution is 2.25. The molecule has 0 radical (unpaired) electrons. The lowest BCUT2D eigenvalue weighted by molar-refractivity contribution is 0.197. The molecule has 0 aliphatic carbocycles. The van der Waals surface area contributed by atoms with Gasteiger partial charge >= 0.3 is 6.03 Å². The molecule has 2 saturated heterocycles. The van der Waals surface area contributed by atoms with Crippen LogP contribution in [-0.4, -0.2) is 53.1 Å². The predicted molar refractivity (Wildman–Crippen MR) is 81.3 cm³/mol. The van der Waals surface area contributed by atoms with Gasteiger partial charge in [-0.15, -0.1) is 0 Å². The van der Waals surface area contributed by atoms with Gasteiger partial charge in [-0.3, -0.25) is 0 Å². The first-order valence-corrected chi connectivity index (χ1v) is 7.29. The Labute approximate surface area is 124 Å². The van der Waals surface area contributed by atoms with Crippen LogP contribution in [0.2, 0.25) is 0 Å². The number of piperazine rings is 1. The number of amides is 2. The molecule has 0 saturated carbocycles. The summed E-state index contributed by atoms with van der Waals surface area (Å²) in [7, 11) is 0. The molecule has 0 spiro atoms. The van der Waals surface area contributed by atoms with E-state index in [1.54, 1.807) is 0 Å². The maximum Gasteiger partial charge on any atom is 0.317 e. The van der Waals surface area contributed by atoms with Gasteiger partial charge in [0.25, 0.3) is 0 Å². The highest BCUT2D eigenvalue weighted by atomic mass is 16.2. The molecule has 2 aliphatic heterocycles. The van der Waals surface area contributed by atoms with Gasteiger partial charge in [0.05, 0.1) is 6.04 Å². The third-order valence-electron chi connectivity index (χ3n) is 3.96. The minimum absolute atomic E-state index is 0.0391. The van der Waals surface area contributed by atoms with E-state index in [0.29, 0.717) is 18.9 Å². The smallest absolute Gasteiger partial charge is 0.317 e. The molecule has 114 valence electrons. The zero-order valence-corrected chi connectivity index (χ0v) is 12.8. The Morgan fingerprint density at radius 1 is 1.33 bits per heavy atom. The highest BCUT2D eigenvalue weighted by molar-refractivity contribution is 5.77. The highest BCUT2D eigenvalue weighted by Gasteiger charge is 2.36. The molecule has 0 aromatic carbocycles. The van der Waals surface area contributed by atoms with Crippen molar-refractivity contribution in [3.05, 3.63) is 11.9 Å². The van der Waals surface area contributed by atoms with Crippen LogP contribution in [0.25, 0.3) is 0 Å². The molecule has 21 heavy (non-hydrogen) atoms. The number of hydrogen-bond acceptors (Lipinski definition) is 5. The monoisotopic (exact) mass is 290 g/mol. The number of nitrogens with zero attached hydrogens (tertiary/aromatic N) is 4. The van der Waals surface area contributed by atoms with Gasteiger partial charge in [-0.05, 0) is 0 Å².